The van der Waals surface area contributed by atoms with E-state index in [0.717, 1.165) is 0 Å². The molecule has 0 spiro atoms. The lowest BCUT2D eigenvalue weighted by Gasteiger charge is -2.37. The molecular weight excluding hydrogens is 249 g/mol. The minimum absolute atomic E-state index is 0.323. The van der Waals surface area contributed by atoms with Gasteiger partial charge in [-0.05, 0) is 37.5 Å². The van der Waals surface area contributed by atoms with Crippen LogP contribution in [0.2, 0.25) is 0 Å². The quantitative estimate of drug-likeness (QED) is 0.894. The van der Waals surface area contributed by atoms with Crippen molar-refractivity contribution in [3.8, 4) is 0 Å². The summed E-state index contributed by atoms with van der Waals surface area (Å²) in [6.45, 7) is 2.98. The maximum absolute atomic E-state index is 12.9. The summed E-state index contributed by atoms with van der Waals surface area (Å²) >= 11 is 0. The zero-order chi connectivity index (χ0) is 13.9. The van der Waals surface area contributed by atoms with Crippen molar-refractivity contribution in [2.24, 2.45) is 0 Å². The van der Waals surface area contributed by atoms with E-state index in [0.29, 0.717) is 38.1 Å². The Hall–Kier alpha value is -1.62. The highest BCUT2D eigenvalue weighted by Gasteiger charge is 2.35. The second-order valence-electron chi connectivity index (χ2n) is 4.72. The van der Waals surface area contributed by atoms with Crippen LogP contribution in [0.3, 0.4) is 0 Å². The van der Waals surface area contributed by atoms with Crippen LogP contribution in [0, 0.1) is 5.82 Å². The van der Waals surface area contributed by atoms with Gasteiger partial charge in [0.05, 0.1) is 12.2 Å². The fourth-order valence-corrected chi connectivity index (χ4v) is 2.32. The SMILES string of the molecule is CCOC(=O)N1CCC(O)(c2ccc(F)cc2)CC1. The molecule has 5 heteroatoms. The Balaban J connectivity index is 2.01. The number of rotatable bonds is 2. The van der Waals surface area contributed by atoms with Crippen molar-refractivity contribution in [3.63, 3.8) is 0 Å². The first-order chi connectivity index (χ1) is 9.05. The van der Waals surface area contributed by atoms with Crippen LogP contribution in [-0.2, 0) is 10.3 Å². The number of amides is 1. The van der Waals surface area contributed by atoms with Gasteiger partial charge in [-0.15, -0.1) is 0 Å². The maximum atomic E-state index is 12.9. The Morgan fingerprint density at radius 1 is 1.37 bits per heavy atom. The molecule has 1 aromatic rings. The molecule has 0 saturated carbocycles. The number of benzene rings is 1. The highest BCUT2D eigenvalue weighted by atomic mass is 19.1. The molecule has 1 fully saturated rings. The summed E-state index contributed by atoms with van der Waals surface area (Å²) in [5.74, 6) is -0.323. The molecule has 0 bridgehead atoms. The van der Waals surface area contributed by atoms with Crippen molar-refractivity contribution in [2.75, 3.05) is 19.7 Å². The van der Waals surface area contributed by atoms with Crippen LogP contribution < -0.4 is 0 Å². The summed E-state index contributed by atoms with van der Waals surface area (Å²) in [5, 5.41) is 10.6. The van der Waals surface area contributed by atoms with Crippen LogP contribution in [0.15, 0.2) is 24.3 Å². The highest BCUT2D eigenvalue weighted by Crippen LogP contribution is 2.32. The Labute approximate surface area is 111 Å². The van der Waals surface area contributed by atoms with Gasteiger partial charge in [0.1, 0.15) is 5.82 Å². The molecule has 2 rings (SSSR count). The molecule has 0 aromatic heterocycles. The third kappa shape index (κ3) is 3.04. The smallest absolute Gasteiger partial charge is 0.409 e. The van der Waals surface area contributed by atoms with E-state index in [1.807, 2.05) is 0 Å². The van der Waals surface area contributed by atoms with Crippen LogP contribution in [0.25, 0.3) is 0 Å². The number of nitrogens with zero attached hydrogens (tertiary/aromatic N) is 1. The molecule has 1 aromatic carbocycles. The molecule has 0 unspecified atom stereocenters. The Bertz CT molecular complexity index is 439. The lowest BCUT2D eigenvalue weighted by atomic mass is 9.84. The number of likely N-dealkylation sites (tertiary alicyclic amines) is 1. The van der Waals surface area contributed by atoms with Gasteiger partial charge in [-0.3, -0.25) is 0 Å². The minimum atomic E-state index is -0.989. The Morgan fingerprint density at radius 2 is 1.95 bits per heavy atom. The van der Waals surface area contributed by atoms with Crippen LogP contribution in [0.5, 0.6) is 0 Å². The van der Waals surface area contributed by atoms with Crippen molar-refractivity contribution >= 4 is 6.09 Å². The molecule has 1 amide bonds. The summed E-state index contributed by atoms with van der Waals surface area (Å²) in [4.78, 5) is 13.1. The molecule has 19 heavy (non-hydrogen) atoms. The number of piperidine rings is 1. The summed E-state index contributed by atoms with van der Waals surface area (Å²) in [5.41, 5.74) is -0.297. The number of ether oxygens (including phenoxy) is 1. The predicted molar refractivity (Wildman–Crippen MR) is 68.1 cm³/mol. The molecule has 4 nitrogen and oxygen atoms in total. The van der Waals surface area contributed by atoms with E-state index >= 15 is 0 Å². The molecule has 104 valence electrons. The third-order valence-corrected chi connectivity index (χ3v) is 3.50. The van der Waals surface area contributed by atoms with E-state index in [1.54, 1.807) is 24.0 Å². The largest absolute Gasteiger partial charge is 0.450 e. The van der Waals surface area contributed by atoms with E-state index in [4.69, 9.17) is 4.74 Å². The number of carbonyl (C=O) groups excluding carboxylic acids is 1. The van der Waals surface area contributed by atoms with Gasteiger partial charge in [0.15, 0.2) is 0 Å². The summed E-state index contributed by atoms with van der Waals surface area (Å²) in [6, 6.07) is 5.86. The normalized spacial score (nSPS) is 18.2. The van der Waals surface area contributed by atoms with Gasteiger partial charge in [-0.2, -0.15) is 0 Å². The van der Waals surface area contributed by atoms with Crippen molar-refractivity contribution in [1.82, 2.24) is 4.90 Å². The fourth-order valence-electron chi connectivity index (χ4n) is 2.32. The first-order valence-electron chi connectivity index (χ1n) is 6.45. The van der Waals surface area contributed by atoms with E-state index in [2.05, 4.69) is 0 Å². The zero-order valence-electron chi connectivity index (χ0n) is 10.9. The molecule has 1 aliphatic heterocycles. The minimum Gasteiger partial charge on any atom is -0.450 e. The van der Waals surface area contributed by atoms with Gasteiger partial charge in [0.25, 0.3) is 0 Å². The number of hydrogen-bond donors (Lipinski definition) is 1. The molecular formula is C14H18FNO3. The maximum Gasteiger partial charge on any atom is 0.409 e. The predicted octanol–water partition coefficient (Wildman–Crippen LogP) is 2.27. The average Bonchev–Trinajstić information content (AvgIpc) is 2.40. The lowest BCUT2D eigenvalue weighted by Crippen LogP contribution is -2.45. The number of hydrogen-bond acceptors (Lipinski definition) is 3. The average molecular weight is 267 g/mol. The van der Waals surface area contributed by atoms with E-state index in [9.17, 15) is 14.3 Å². The van der Waals surface area contributed by atoms with Crippen LogP contribution >= 0.6 is 0 Å². The Morgan fingerprint density at radius 3 is 2.47 bits per heavy atom. The van der Waals surface area contributed by atoms with E-state index in [-0.39, 0.29) is 11.9 Å². The number of halogens is 1. The summed E-state index contributed by atoms with van der Waals surface area (Å²) < 4.78 is 17.8. The number of carbonyl (C=O) groups is 1. The Kier molecular flexibility index (Phi) is 4.04. The van der Waals surface area contributed by atoms with Gasteiger partial charge < -0.3 is 14.7 Å². The van der Waals surface area contributed by atoms with Crippen LogP contribution in [0.4, 0.5) is 9.18 Å². The lowest BCUT2D eigenvalue weighted by molar-refractivity contribution is -0.0244. The molecule has 0 radical (unpaired) electrons. The number of aliphatic hydroxyl groups is 1. The first-order valence-corrected chi connectivity index (χ1v) is 6.45. The zero-order valence-corrected chi connectivity index (χ0v) is 10.9. The summed E-state index contributed by atoms with van der Waals surface area (Å²) in [7, 11) is 0. The second kappa shape index (κ2) is 5.57. The monoisotopic (exact) mass is 267 g/mol. The van der Waals surface area contributed by atoms with Crippen molar-refractivity contribution < 1.29 is 19.0 Å². The molecule has 1 aliphatic rings. The van der Waals surface area contributed by atoms with Gasteiger partial charge in [0, 0.05) is 13.1 Å². The summed E-state index contributed by atoms with van der Waals surface area (Å²) in [6.07, 6.45) is 0.512. The van der Waals surface area contributed by atoms with Gasteiger partial charge >= 0.3 is 6.09 Å². The molecule has 1 N–H and O–H groups in total. The topological polar surface area (TPSA) is 49.8 Å². The van der Waals surface area contributed by atoms with Crippen LogP contribution in [-0.4, -0.2) is 35.8 Å². The van der Waals surface area contributed by atoms with Gasteiger partial charge in [-0.25, -0.2) is 9.18 Å². The molecule has 1 saturated heterocycles. The van der Waals surface area contributed by atoms with Gasteiger partial charge in [0.2, 0.25) is 0 Å². The molecule has 0 atom stereocenters. The third-order valence-electron chi connectivity index (χ3n) is 3.50. The van der Waals surface area contributed by atoms with Crippen LogP contribution in [0.1, 0.15) is 25.3 Å². The fraction of sp³-hybridized carbons (Fsp3) is 0.500. The van der Waals surface area contributed by atoms with Crippen molar-refractivity contribution in [1.29, 1.82) is 0 Å². The van der Waals surface area contributed by atoms with Gasteiger partial charge in [-0.1, -0.05) is 12.1 Å². The van der Waals surface area contributed by atoms with E-state index < -0.39 is 5.60 Å². The van der Waals surface area contributed by atoms with Crippen molar-refractivity contribution in [3.05, 3.63) is 35.6 Å². The second-order valence-corrected chi connectivity index (χ2v) is 4.72. The first kappa shape index (κ1) is 13.8. The standard InChI is InChI=1S/C14H18FNO3/c1-2-19-13(17)16-9-7-14(18,8-10-16)11-3-5-12(15)6-4-11/h3-6,18H,2,7-10H2,1H3. The highest BCUT2D eigenvalue weighted by molar-refractivity contribution is 5.67. The van der Waals surface area contributed by atoms with E-state index in [1.165, 1.54) is 12.1 Å². The molecule has 0 aliphatic carbocycles. The molecule has 1 heterocycles. The van der Waals surface area contributed by atoms with Crippen molar-refractivity contribution in [2.45, 2.75) is 25.4 Å².